The van der Waals surface area contributed by atoms with E-state index in [2.05, 4.69) is 63.1 Å². The highest BCUT2D eigenvalue weighted by Crippen LogP contribution is 2.14. The maximum absolute atomic E-state index is 8.86. The molecule has 1 aliphatic rings. The molecule has 0 N–H and O–H groups in total. The number of hydrogen-bond donors (Lipinski definition) is 0. The van der Waals surface area contributed by atoms with Gasteiger partial charge in [-0.15, -0.1) is 0 Å². The van der Waals surface area contributed by atoms with Crippen LogP contribution in [0.4, 0.5) is 5.82 Å². The average molecular weight is 335 g/mol. The molecule has 0 unspecified atom stereocenters. The van der Waals surface area contributed by atoms with Crippen molar-refractivity contribution in [3.05, 3.63) is 59.8 Å². The van der Waals surface area contributed by atoms with Gasteiger partial charge in [-0.1, -0.05) is 30.3 Å². The molecular formula is C20H25N5. The van der Waals surface area contributed by atoms with Crippen molar-refractivity contribution >= 4 is 5.82 Å². The van der Waals surface area contributed by atoms with Gasteiger partial charge in [-0.2, -0.15) is 5.26 Å². The van der Waals surface area contributed by atoms with Crippen molar-refractivity contribution in [3.63, 3.8) is 0 Å². The SMILES string of the molecule is CN(CCN1CCN(c2ccc(C#N)cn2)CC1)Cc1ccccc1. The fourth-order valence-corrected chi connectivity index (χ4v) is 3.13. The maximum atomic E-state index is 8.86. The zero-order valence-electron chi connectivity index (χ0n) is 14.8. The Morgan fingerprint density at radius 3 is 2.48 bits per heavy atom. The number of pyridine rings is 1. The van der Waals surface area contributed by atoms with E-state index in [0.29, 0.717) is 5.56 Å². The lowest BCUT2D eigenvalue weighted by atomic mass is 10.2. The summed E-state index contributed by atoms with van der Waals surface area (Å²) < 4.78 is 0. The maximum Gasteiger partial charge on any atom is 0.128 e. The molecule has 1 aromatic heterocycles. The third kappa shape index (κ3) is 5.02. The van der Waals surface area contributed by atoms with E-state index in [0.717, 1.165) is 51.6 Å². The van der Waals surface area contributed by atoms with E-state index in [-0.39, 0.29) is 0 Å². The molecule has 25 heavy (non-hydrogen) atoms. The second-order valence-corrected chi connectivity index (χ2v) is 6.57. The van der Waals surface area contributed by atoms with Gasteiger partial charge in [0.05, 0.1) is 5.56 Å². The lowest BCUT2D eigenvalue weighted by molar-refractivity contribution is 0.212. The van der Waals surface area contributed by atoms with Gasteiger partial charge in [-0.05, 0) is 24.7 Å². The first-order valence-electron chi connectivity index (χ1n) is 8.80. The highest BCUT2D eigenvalue weighted by atomic mass is 15.3. The topological polar surface area (TPSA) is 46.4 Å². The smallest absolute Gasteiger partial charge is 0.128 e. The van der Waals surface area contributed by atoms with Gasteiger partial charge < -0.3 is 9.80 Å². The van der Waals surface area contributed by atoms with E-state index in [9.17, 15) is 0 Å². The highest BCUT2D eigenvalue weighted by Gasteiger charge is 2.18. The van der Waals surface area contributed by atoms with Crippen molar-refractivity contribution < 1.29 is 0 Å². The normalized spacial score (nSPS) is 15.3. The molecule has 1 aromatic carbocycles. The van der Waals surface area contributed by atoms with Gasteiger partial charge in [-0.25, -0.2) is 4.98 Å². The van der Waals surface area contributed by atoms with Crippen molar-refractivity contribution in [3.8, 4) is 6.07 Å². The molecule has 0 saturated carbocycles. The number of nitriles is 1. The minimum Gasteiger partial charge on any atom is -0.354 e. The van der Waals surface area contributed by atoms with Crippen molar-refractivity contribution in [2.24, 2.45) is 0 Å². The monoisotopic (exact) mass is 335 g/mol. The molecule has 130 valence electrons. The fraction of sp³-hybridized carbons (Fsp3) is 0.400. The molecule has 1 saturated heterocycles. The van der Waals surface area contributed by atoms with Crippen LogP contribution < -0.4 is 4.90 Å². The van der Waals surface area contributed by atoms with Crippen LogP contribution in [0.15, 0.2) is 48.7 Å². The third-order valence-corrected chi connectivity index (χ3v) is 4.67. The Hall–Kier alpha value is -2.42. The summed E-state index contributed by atoms with van der Waals surface area (Å²) in [5, 5.41) is 8.86. The van der Waals surface area contributed by atoms with Crippen LogP contribution in [0.5, 0.6) is 0 Å². The summed E-state index contributed by atoms with van der Waals surface area (Å²) in [7, 11) is 2.18. The van der Waals surface area contributed by atoms with Crippen LogP contribution in [0.25, 0.3) is 0 Å². The summed E-state index contributed by atoms with van der Waals surface area (Å²) in [4.78, 5) is 11.6. The molecule has 2 heterocycles. The number of hydrogen-bond acceptors (Lipinski definition) is 5. The first-order valence-corrected chi connectivity index (χ1v) is 8.80. The Labute approximate surface area is 150 Å². The van der Waals surface area contributed by atoms with E-state index in [4.69, 9.17) is 5.26 Å². The Morgan fingerprint density at radius 1 is 1.08 bits per heavy atom. The number of piperazine rings is 1. The van der Waals surface area contributed by atoms with Gasteiger partial charge >= 0.3 is 0 Å². The molecule has 0 aliphatic carbocycles. The quantitative estimate of drug-likeness (QED) is 0.810. The Kier molecular flexibility index (Phi) is 5.99. The van der Waals surface area contributed by atoms with Crippen molar-refractivity contribution in [2.75, 3.05) is 51.2 Å². The van der Waals surface area contributed by atoms with Crippen LogP contribution in [0, 0.1) is 11.3 Å². The Balaban J connectivity index is 1.41. The third-order valence-electron chi connectivity index (χ3n) is 4.67. The number of rotatable bonds is 6. The Bertz CT molecular complexity index is 684. The highest BCUT2D eigenvalue weighted by molar-refractivity contribution is 5.42. The molecule has 0 radical (unpaired) electrons. The van der Waals surface area contributed by atoms with Crippen LogP contribution in [0.2, 0.25) is 0 Å². The van der Waals surface area contributed by atoms with E-state index in [1.54, 1.807) is 6.20 Å². The second kappa shape index (κ2) is 8.61. The number of benzene rings is 1. The fourth-order valence-electron chi connectivity index (χ4n) is 3.13. The summed E-state index contributed by atoms with van der Waals surface area (Å²) in [6.45, 7) is 7.25. The van der Waals surface area contributed by atoms with Gasteiger partial charge in [0.25, 0.3) is 0 Å². The van der Waals surface area contributed by atoms with E-state index in [1.807, 2.05) is 12.1 Å². The molecule has 3 rings (SSSR count). The molecule has 5 heteroatoms. The summed E-state index contributed by atoms with van der Waals surface area (Å²) in [6, 6.07) is 16.5. The summed E-state index contributed by atoms with van der Waals surface area (Å²) in [5.74, 6) is 0.972. The summed E-state index contributed by atoms with van der Waals surface area (Å²) in [5.41, 5.74) is 1.98. The number of aromatic nitrogens is 1. The van der Waals surface area contributed by atoms with Crippen LogP contribution in [-0.2, 0) is 6.54 Å². The van der Waals surface area contributed by atoms with Gasteiger partial charge in [0.2, 0.25) is 0 Å². The van der Waals surface area contributed by atoms with Gasteiger partial charge in [0, 0.05) is 52.0 Å². The number of anilines is 1. The molecule has 0 bridgehead atoms. The average Bonchev–Trinajstić information content (AvgIpc) is 2.68. The van der Waals surface area contributed by atoms with Crippen molar-refractivity contribution in [1.82, 2.24) is 14.8 Å². The minimum atomic E-state index is 0.615. The van der Waals surface area contributed by atoms with Crippen molar-refractivity contribution in [1.29, 1.82) is 5.26 Å². The molecule has 0 spiro atoms. The van der Waals surface area contributed by atoms with E-state index in [1.165, 1.54) is 5.56 Å². The molecule has 2 aromatic rings. The van der Waals surface area contributed by atoms with Crippen LogP contribution in [0.3, 0.4) is 0 Å². The largest absolute Gasteiger partial charge is 0.354 e. The molecule has 1 aliphatic heterocycles. The summed E-state index contributed by atoms with van der Waals surface area (Å²) >= 11 is 0. The molecule has 1 fully saturated rings. The number of likely N-dealkylation sites (N-methyl/N-ethyl adjacent to an activating group) is 1. The molecule has 5 nitrogen and oxygen atoms in total. The standard InChI is InChI=1S/C20H25N5/c1-23(17-18-5-3-2-4-6-18)9-10-24-11-13-25(14-12-24)20-8-7-19(15-21)16-22-20/h2-8,16H,9-14,17H2,1H3. The molecule has 0 atom stereocenters. The minimum absolute atomic E-state index is 0.615. The lowest BCUT2D eigenvalue weighted by Crippen LogP contribution is -2.48. The first kappa shape index (κ1) is 17.4. The lowest BCUT2D eigenvalue weighted by Gasteiger charge is -2.36. The first-order chi connectivity index (χ1) is 12.2. The number of nitrogens with zero attached hydrogens (tertiary/aromatic N) is 5. The van der Waals surface area contributed by atoms with Crippen molar-refractivity contribution in [2.45, 2.75) is 6.54 Å². The Morgan fingerprint density at radius 2 is 1.84 bits per heavy atom. The van der Waals surface area contributed by atoms with Crippen LogP contribution >= 0.6 is 0 Å². The van der Waals surface area contributed by atoms with Gasteiger partial charge in [0.15, 0.2) is 0 Å². The zero-order valence-corrected chi connectivity index (χ0v) is 14.8. The predicted molar refractivity (Wildman–Crippen MR) is 100 cm³/mol. The van der Waals surface area contributed by atoms with Crippen LogP contribution in [-0.4, -0.2) is 61.1 Å². The molecular weight excluding hydrogens is 310 g/mol. The second-order valence-electron chi connectivity index (χ2n) is 6.57. The molecule has 0 amide bonds. The van der Waals surface area contributed by atoms with E-state index < -0.39 is 0 Å². The van der Waals surface area contributed by atoms with Crippen LogP contribution in [0.1, 0.15) is 11.1 Å². The van der Waals surface area contributed by atoms with E-state index >= 15 is 0 Å². The predicted octanol–water partition coefficient (Wildman–Crippen LogP) is 2.21. The zero-order chi connectivity index (χ0) is 17.5. The van der Waals surface area contributed by atoms with Gasteiger partial charge in [0.1, 0.15) is 11.9 Å². The summed E-state index contributed by atoms with van der Waals surface area (Å²) in [6.07, 6.45) is 1.65. The van der Waals surface area contributed by atoms with Gasteiger partial charge in [-0.3, -0.25) is 4.90 Å².